The first-order valence-corrected chi connectivity index (χ1v) is 9.31. The van der Waals surface area contributed by atoms with E-state index in [-0.39, 0.29) is 30.7 Å². The van der Waals surface area contributed by atoms with E-state index in [9.17, 15) is 18.8 Å². The molecule has 1 saturated heterocycles. The first kappa shape index (κ1) is 18.9. The second kappa shape index (κ2) is 7.20. The summed E-state index contributed by atoms with van der Waals surface area (Å²) in [5, 5.41) is 5.50. The largest absolute Gasteiger partial charge is 0.479 e. The average Bonchev–Trinajstić information content (AvgIpc) is 3.07. The second-order valence-corrected chi connectivity index (χ2v) is 7.29. The van der Waals surface area contributed by atoms with Gasteiger partial charge in [0, 0.05) is 24.3 Å². The summed E-state index contributed by atoms with van der Waals surface area (Å²) >= 11 is 0. The zero-order chi connectivity index (χ0) is 20.7. The number of ether oxygens (including phenoxy) is 1. The van der Waals surface area contributed by atoms with Crippen molar-refractivity contribution >= 4 is 34.8 Å². The highest BCUT2D eigenvalue weighted by Gasteiger charge is 2.35. The lowest BCUT2D eigenvalue weighted by molar-refractivity contribution is -0.122. The number of aryl methyl sites for hydroxylation is 1. The monoisotopic (exact) mass is 397 g/mol. The van der Waals surface area contributed by atoms with Gasteiger partial charge in [0.1, 0.15) is 11.6 Å². The summed E-state index contributed by atoms with van der Waals surface area (Å²) in [5.41, 5.74) is 1.90. The Labute approximate surface area is 166 Å². The number of benzene rings is 2. The Morgan fingerprint density at radius 1 is 1.24 bits per heavy atom. The first-order chi connectivity index (χ1) is 13.8. The van der Waals surface area contributed by atoms with Gasteiger partial charge in [-0.3, -0.25) is 14.4 Å². The van der Waals surface area contributed by atoms with Crippen LogP contribution in [0.25, 0.3) is 0 Å². The third-order valence-corrected chi connectivity index (χ3v) is 5.14. The molecule has 8 heteroatoms. The van der Waals surface area contributed by atoms with Gasteiger partial charge >= 0.3 is 0 Å². The van der Waals surface area contributed by atoms with Crippen LogP contribution >= 0.6 is 0 Å². The molecule has 2 N–H and O–H groups in total. The molecule has 0 aliphatic carbocycles. The molecule has 2 aliphatic rings. The van der Waals surface area contributed by atoms with E-state index in [1.54, 1.807) is 44.2 Å². The molecule has 2 heterocycles. The summed E-state index contributed by atoms with van der Waals surface area (Å²) in [6.07, 6.45) is -0.533. The minimum atomic E-state index is -0.579. The summed E-state index contributed by atoms with van der Waals surface area (Å²) in [5.74, 6) is -1.23. The normalized spacial score (nSPS) is 20.7. The van der Waals surface area contributed by atoms with Crippen molar-refractivity contribution in [2.24, 2.45) is 5.92 Å². The van der Waals surface area contributed by atoms with Crippen molar-refractivity contribution in [1.82, 2.24) is 0 Å². The van der Waals surface area contributed by atoms with E-state index in [1.807, 2.05) is 0 Å². The maximum Gasteiger partial charge on any atom is 0.265 e. The van der Waals surface area contributed by atoms with Crippen molar-refractivity contribution in [3.8, 4) is 5.75 Å². The van der Waals surface area contributed by atoms with E-state index in [2.05, 4.69) is 10.6 Å². The Morgan fingerprint density at radius 3 is 2.79 bits per heavy atom. The average molecular weight is 397 g/mol. The second-order valence-electron chi connectivity index (χ2n) is 7.29. The van der Waals surface area contributed by atoms with Gasteiger partial charge in [-0.15, -0.1) is 0 Å². The SMILES string of the molecule is Cc1ccc(N2CC(C(=O)Nc3ccc4c(c3)NC(=O)C(C)O4)CC2=O)cc1F. The Kier molecular flexibility index (Phi) is 4.70. The van der Waals surface area contributed by atoms with Crippen molar-refractivity contribution in [1.29, 1.82) is 0 Å². The molecule has 7 nitrogen and oxygen atoms in total. The van der Waals surface area contributed by atoms with Gasteiger partial charge < -0.3 is 20.3 Å². The van der Waals surface area contributed by atoms with Crippen molar-refractivity contribution in [3.05, 3.63) is 47.8 Å². The van der Waals surface area contributed by atoms with Crippen molar-refractivity contribution < 1.29 is 23.5 Å². The zero-order valence-electron chi connectivity index (χ0n) is 16.0. The minimum Gasteiger partial charge on any atom is -0.479 e. The fourth-order valence-corrected chi connectivity index (χ4v) is 3.41. The highest BCUT2D eigenvalue weighted by molar-refractivity contribution is 6.04. The van der Waals surface area contributed by atoms with Crippen LogP contribution in [0.2, 0.25) is 0 Å². The topological polar surface area (TPSA) is 87.7 Å². The Hall–Kier alpha value is -3.42. The number of amides is 3. The standard InChI is InChI=1S/C21H20FN3O4/c1-11-3-5-15(9-16(11)22)25-10-13(7-19(25)26)21(28)23-14-4-6-18-17(8-14)24-20(27)12(2)29-18/h3-6,8-9,12-13H,7,10H2,1-2H3,(H,23,28)(H,24,27). The number of nitrogens with zero attached hydrogens (tertiary/aromatic N) is 1. The molecule has 0 bridgehead atoms. The predicted molar refractivity (Wildman–Crippen MR) is 105 cm³/mol. The lowest BCUT2D eigenvalue weighted by Gasteiger charge is -2.24. The third kappa shape index (κ3) is 3.65. The lowest BCUT2D eigenvalue weighted by atomic mass is 10.1. The van der Waals surface area contributed by atoms with Crippen LogP contribution in [0, 0.1) is 18.7 Å². The molecule has 1 fully saturated rings. The molecular weight excluding hydrogens is 377 g/mol. The number of halogens is 1. The smallest absolute Gasteiger partial charge is 0.265 e. The number of rotatable bonds is 3. The van der Waals surface area contributed by atoms with Crippen LogP contribution in [0.5, 0.6) is 5.75 Å². The molecule has 0 spiro atoms. The third-order valence-electron chi connectivity index (χ3n) is 5.14. The summed E-state index contributed by atoms with van der Waals surface area (Å²) < 4.78 is 19.3. The fourth-order valence-electron chi connectivity index (χ4n) is 3.41. The molecule has 0 aromatic heterocycles. The van der Waals surface area contributed by atoms with Gasteiger partial charge in [-0.25, -0.2) is 4.39 Å². The number of nitrogens with one attached hydrogen (secondary N) is 2. The van der Waals surface area contributed by atoms with Gasteiger partial charge in [0.25, 0.3) is 5.91 Å². The molecular formula is C21H20FN3O4. The van der Waals surface area contributed by atoms with Crippen LogP contribution in [0.1, 0.15) is 18.9 Å². The van der Waals surface area contributed by atoms with Gasteiger partial charge in [-0.05, 0) is 49.7 Å². The van der Waals surface area contributed by atoms with Gasteiger partial charge in [-0.1, -0.05) is 6.07 Å². The Morgan fingerprint density at radius 2 is 2.03 bits per heavy atom. The lowest BCUT2D eigenvalue weighted by Crippen LogP contribution is -2.34. The van der Waals surface area contributed by atoms with Crippen LogP contribution < -0.4 is 20.3 Å². The van der Waals surface area contributed by atoms with Crippen LogP contribution in [-0.4, -0.2) is 30.4 Å². The van der Waals surface area contributed by atoms with Crippen molar-refractivity contribution in [2.75, 3.05) is 22.1 Å². The van der Waals surface area contributed by atoms with E-state index in [4.69, 9.17) is 4.74 Å². The fraction of sp³-hybridized carbons (Fsp3) is 0.286. The van der Waals surface area contributed by atoms with E-state index in [1.165, 1.54) is 11.0 Å². The van der Waals surface area contributed by atoms with E-state index < -0.39 is 17.8 Å². The van der Waals surface area contributed by atoms with Crippen molar-refractivity contribution in [2.45, 2.75) is 26.4 Å². The van der Waals surface area contributed by atoms with Crippen LogP contribution in [-0.2, 0) is 14.4 Å². The van der Waals surface area contributed by atoms with Crippen LogP contribution in [0.15, 0.2) is 36.4 Å². The number of carbonyl (C=O) groups is 3. The maximum absolute atomic E-state index is 13.8. The summed E-state index contributed by atoms with van der Waals surface area (Å²) in [7, 11) is 0. The van der Waals surface area contributed by atoms with Gasteiger partial charge in [0.15, 0.2) is 6.10 Å². The summed E-state index contributed by atoms with van der Waals surface area (Å²) in [6, 6.07) is 9.54. The highest BCUT2D eigenvalue weighted by atomic mass is 19.1. The van der Waals surface area contributed by atoms with Crippen LogP contribution in [0.4, 0.5) is 21.5 Å². The van der Waals surface area contributed by atoms with E-state index in [0.717, 1.165) is 0 Å². The van der Waals surface area contributed by atoms with Crippen molar-refractivity contribution in [3.63, 3.8) is 0 Å². The first-order valence-electron chi connectivity index (χ1n) is 9.31. The quantitative estimate of drug-likeness (QED) is 0.834. The maximum atomic E-state index is 13.8. The molecule has 150 valence electrons. The summed E-state index contributed by atoms with van der Waals surface area (Å²) in [6.45, 7) is 3.47. The summed E-state index contributed by atoms with van der Waals surface area (Å²) in [4.78, 5) is 38.2. The number of carbonyl (C=O) groups excluding carboxylic acids is 3. The molecule has 2 aliphatic heterocycles. The van der Waals surface area contributed by atoms with Gasteiger partial charge in [0.2, 0.25) is 11.8 Å². The molecule has 3 amide bonds. The van der Waals surface area contributed by atoms with E-state index >= 15 is 0 Å². The predicted octanol–water partition coefficient (Wildman–Crippen LogP) is 2.85. The number of hydrogen-bond donors (Lipinski definition) is 2. The molecule has 2 aromatic rings. The molecule has 2 unspecified atom stereocenters. The number of anilines is 3. The molecule has 0 radical (unpaired) electrons. The number of hydrogen-bond acceptors (Lipinski definition) is 4. The molecule has 29 heavy (non-hydrogen) atoms. The molecule has 2 aromatic carbocycles. The van der Waals surface area contributed by atoms with Gasteiger partial charge in [-0.2, -0.15) is 0 Å². The molecule has 0 saturated carbocycles. The molecule has 4 rings (SSSR count). The molecule has 2 atom stereocenters. The van der Waals surface area contributed by atoms with E-state index in [0.29, 0.717) is 28.4 Å². The Bertz CT molecular complexity index is 1020. The Balaban J connectivity index is 1.45. The van der Waals surface area contributed by atoms with Crippen LogP contribution in [0.3, 0.4) is 0 Å². The highest BCUT2D eigenvalue weighted by Crippen LogP contribution is 2.33. The zero-order valence-corrected chi connectivity index (χ0v) is 16.0. The number of fused-ring (bicyclic) bond motifs is 1. The van der Waals surface area contributed by atoms with Gasteiger partial charge in [0.05, 0.1) is 11.6 Å². The minimum absolute atomic E-state index is 0.0453.